The zero-order chi connectivity index (χ0) is 10.8. The number of rotatable bonds is 2. The van der Waals surface area contributed by atoms with E-state index < -0.39 is 5.97 Å². The molecule has 0 amide bonds. The van der Waals surface area contributed by atoms with Gasteiger partial charge in [0.2, 0.25) is 5.76 Å². The summed E-state index contributed by atoms with van der Waals surface area (Å²) >= 11 is 5.52. The van der Waals surface area contributed by atoms with Gasteiger partial charge in [-0.25, -0.2) is 4.79 Å². The lowest BCUT2D eigenvalue weighted by Gasteiger charge is -1.95. The fourth-order valence-electron chi connectivity index (χ4n) is 1.23. The Morgan fingerprint density at radius 1 is 1.33 bits per heavy atom. The molecule has 2 rings (SSSR count). The number of hydrogen-bond donors (Lipinski definition) is 1. The maximum atomic E-state index is 10.8. The van der Waals surface area contributed by atoms with E-state index >= 15 is 0 Å². The second kappa shape index (κ2) is 3.74. The maximum Gasteiger partial charge on any atom is 0.374 e. The van der Waals surface area contributed by atoms with E-state index in [2.05, 4.69) is 4.98 Å². The van der Waals surface area contributed by atoms with Crippen LogP contribution in [0.2, 0.25) is 5.35 Å². The molecule has 0 bridgehead atoms. The van der Waals surface area contributed by atoms with Crippen LogP contribution < -0.4 is 0 Å². The highest BCUT2D eigenvalue weighted by Gasteiger charge is 2.19. The second-order valence-electron chi connectivity index (χ2n) is 2.82. The Morgan fingerprint density at radius 2 is 2.00 bits per heavy atom. The number of aromatic carboxylic acids is 1. The monoisotopic (exact) mass is 223 g/mol. The molecule has 0 radical (unpaired) electrons. The Kier molecular flexibility index (Phi) is 2.43. The molecule has 4 nitrogen and oxygen atoms in total. The standard InChI is InChI=1S/C10H6ClNO3/c11-10-12-7(8(15-10)9(13)14)6-4-2-1-3-5-6/h1-5H,(H,13,14). The molecular formula is C10H6ClNO3. The molecular weight excluding hydrogens is 218 g/mol. The van der Waals surface area contributed by atoms with Crippen LogP contribution in [0.1, 0.15) is 10.6 Å². The summed E-state index contributed by atoms with van der Waals surface area (Å²) in [5.41, 5.74) is 0.902. The molecule has 0 aliphatic rings. The van der Waals surface area contributed by atoms with Crippen LogP contribution in [-0.2, 0) is 0 Å². The number of aromatic nitrogens is 1. The Morgan fingerprint density at radius 3 is 2.60 bits per heavy atom. The van der Waals surface area contributed by atoms with Crippen molar-refractivity contribution < 1.29 is 14.3 Å². The van der Waals surface area contributed by atoms with Crippen LogP contribution in [0.25, 0.3) is 11.3 Å². The van der Waals surface area contributed by atoms with Crippen molar-refractivity contribution >= 4 is 17.6 Å². The van der Waals surface area contributed by atoms with Crippen LogP contribution in [0.3, 0.4) is 0 Å². The van der Waals surface area contributed by atoms with E-state index in [0.29, 0.717) is 5.56 Å². The minimum absolute atomic E-state index is 0.175. The van der Waals surface area contributed by atoms with Crippen molar-refractivity contribution in [2.45, 2.75) is 0 Å². The lowest BCUT2D eigenvalue weighted by atomic mass is 10.1. The fourth-order valence-corrected chi connectivity index (χ4v) is 1.39. The van der Waals surface area contributed by atoms with Gasteiger partial charge in [-0.1, -0.05) is 30.3 Å². The van der Waals surface area contributed by atoms with E-state index in [1.165, 1.54) is 0 Å². The van der Waals surface area contributed by atoms with Crippen LogP contribution in [0.4, 0.5) is 0 Å². The van der Waals surface area contributed by atoms with Crippen molar-refractivity contribution in [1.29, 1.82) is 0 Å². The molecule has 0 fully saturated rings. The molecule has 76 valence electrons. The second-order valence-corrected chi connectivity index (χ2v) is 3.14. The highest BCUT2D eigenvalue weighted by atomic mass is 35.5. The van der Waals surface area contributed by atoms with Gasteiger partial charge >= 0.3 is 5.97 Å². The van der Waals surface area contributed by atoms with E-state index in [-0.39, 0.29) is 16.8 Å². The lowest BCUT2D eigenvalue weighted by Crippen LogP contribution is -1.96. The third-order valence-electron chi connectivity index (χ3n) is 1.84. The highest BCUT2D eigenvalue weighted by molar-refractivity contribution is 6.28. The van der Waals surface area contributed by atoms with Crippen molar-refractivity contribution in [3.05, 3.63) is 41.4 Å². The average molecular weight is 224 g/mol. The Bertz CT molecular complexity index is 493. The molecule has 0 spiro atoms. The van der Waals surface area contributed by atoms with Crippen molar-refractivity contribution in [2.24, 2.45) is 0 Å². The molecule has 5 heteroatoms. The number of halogens is 1. The van der Waals surface area contributed by atoms with Gasteiger partial charge in [0, 0.05) is 5.56 Å². The van der Waals surface area contributed by atoms with Crippen LogP contribution in [0.15, 0.2) is 34.7 Å². The molecule has 15 heavy (non-hydrogen) atoms. The summed E-state index contributed by atoms with van der Waals surface area (Å²) in [6.07, 6.45) is 0. The zero-order valence-electron chi connectivity index (χ0n) is 7.48. The van der Waals surface area contributed by atoms with Gasteiger partial charge in [0.25, 0.3) is 5.35 Å². The minimum Gasteiger partial charge on any atom is -0.475 e. The van der Waals surface area contributed by atoms with Crippen LogP contribution in [0.5, 0.6) is 0 Å². The van der Waals surface area contributed by atoms with E-state index in [1.54, 1.807) is 24.3 Å². The van der Waals surface area contributed by atoms with E-state index in [9.17, 15) is 4.79 Å². The summed E-state index contributed by atoms with van der Waals surface area (Å²) in [5.74, 6) is -1.43. The van der Waals surface area contributed by atoms with Crippen molar-refractivity contribution in [2.75, 3.05) is 0 Å². The number of nitrogens with zero attached hydrogens (tertiary/aromatic N) is 1. The molecule has 1 heterocycles. The first kappa shape index (κ1) is 9.73. The van der Waals surface area contributed by atoms with Crippen molar-refractivity contribution in [3.63, 3.8) is 0 Å². The highest BCUT2D eigenvalue weighted by Crippen LogP contribution is 2.25. The number of hydrogen-bond acceptors (Lipinski definition) is 3. The van der Waals surface area contributed by atoms with E-state index in [1.807, 2.05) is 6.07 Å². The predicted octanol–water partition coefficient (Wildman–Crippen LogP) is 2.69. The van der Waals surface area contributed by atoms with Gasteiger partial charge in [0.15, 0.2) is 0 Å². The predicted molar refractivity (Wildman–Crippen MR) is 53.9 cm³/mol. The van der Waals surface area contributed by atoms with Gasteiger partial charge in [-0.05, 0) is 11.6 Å². The normalized spacial score (nSPS) is 10.2. The SMILES string of the molecule is O=C(O)c1oc(Cl)nc1-c1ccccc1. The molecule has 0 aliphatic heterocycles. The quantitative estimate of drug-likeness (QED) is 0.850. The number of benzene rings is 1. The number of carbonyl (C=O) groups is 1. The first-order valence-corrected chi connectivity index (χ1v) is 4.51. The summed E-state index contributed by atoms with van der Waals surface area (Å²) in [6, 6.07) is 8.86. The summed E-state index contributed by atoms with van der Waals surface area (Å²) < 4.78 is 4.79. The average Bonchev–Trinajstić information content (AvgIpc) is 2.62. The third kappa shape index (κ3) is 1.85. The number of carboxylic acid groups (broad SMARTS) is 1. The molecule has 1 N–H and O–H groups in total. The summed E-state index contributed by atoms with van der Waals surface area (Å²) in [4.78, 5) is 14.6. The van der Waals surface area contributed by atoms with Gasteiger partial charge in [-0.2, -0.15) is 4.98 Å². The number of carboxylic acids is 1. The Hall–Kier alpha value is -1.81. The minimum atomic E-state index is -1.19. The van der Waals surface area contributed by atoms with E-state index in [0.717, 1.165) is 0 Å². The first-order valence-electron chi connectivity index (χ1n) is 4.13. The lowest BCUT2D eigenvalue weighted by molar-refractivity contribution is 0.0663. The molecule has 0 saturated heterocycles. The molecule has 1 aromatic carbocycles. The Balaban J connectivity index is 2.58. The molecule has 0 unspecified atom stereocenters. The van der Waals surface area contributed by atoms with Gasteiger partial charge in [0.05, 0.1) is 0 Å². The van der Waals surface area contributed by atoms with Crippen LogP contribution >= 0.6 is 11.6 Å². The molecule has 0 aliphatic carbocycles. The number of oxazole rings is 1. The smallest absolute Gasteiger partial charge is 0.374 e. The van der Waals surface area contributed by atoms with Gasteiger partial charge in [-0.15, -0.1) is 0 Å². The third-order valence-corrected chi connectivity index (χ3v) is 2.00. The molecule has 2 aromatic rings. The molecule has 1 aromatic heterocycles. The largest absolute Gasteiger partial charge is 0.475 e. The van der Waals surface area contributed by atoms with Crippen molar-refractivity contribution in [3.8, 4) is 11.3 Å². The van der Waals surface area contributed by atoms with Crippen LogP contribution in [0, 0.1) is 0 Å². The van der Waals surface area contributed by atoms with Gasteiger partial charge in [0.1, 0.15) is 5.69 Å². The Labute approximate surface area is 90.1 Å². The molecule has 0 atom stereocenters. The maximum absolute atomic E-state index is 10.8. The van der Waals surface area contributed by atoms with E-state index in [4.69, 9.17) is 21.1 Å². The summed E-state index contributed by atoms with van der Waals surface area (Å²) in [7, 11) is 0. The van der Waals surface area contributed by atoms with Crippen LogP contribution in [-0.4, -0.2) is 16.1 Å². The fraction of sp³-hybridized carbons (Fsp3) is 0. The summed E-state index contributed by atoms with van der Waals surface area (Å²) in [6.45, 7) is 0. The summed E-state index contributed by atoms with van der Waals surface area (Å²) in [5, 5.41) is 8.67. The topological polar surface area (TPSA) is 63.3 Å². The first-order chi connectivity index (χ1) is 7.18. The molecule has 0 saturated carbocycles. The van der Waals surface area contributed by atoms with Gasteiger partial charge < -0.3 is 9.52 Å². The van der Waals surface area contributed by atoms with Crippen molar-refractivity contribution in [1.82, 2.24) is 4.98 Å². The van der Waals surface area contributed by atoms with Gasteiger partial charge in [-0.3, -0.25) is 0 Å². The zero-order valence-corrected chi connectivity index (χ0v) is 8.23.